The Hall–Kier alpha value is -3.37. The number of nitrogens with one attached hydrogen (secondary N) is 1. The molecule has 1 aliphatic heterocycles. The third-order valence-corrected chi connectivity index (χ3v) is 4.54. The van der Waals surface area contributed by atoms with Crippen LogP contribution in [-0.4, -0.2) is 54.5 Å². The number of esters is 1. The molecular weight excluding hydrogens is 429 g/mol. The number of ether oxygens (including phenoxy) is 2. The van der Waals surface area contributed by atoms with Crippen LogP contribution < -0.4 is 10.5 Å². The van der Waals surface area contributed by atoms with E-state index in [1.807, 2.05) is 0 Å². The van der Waals surface area contributed by atoms with Crippen molar-refractivity contribution in [3.05, 3.63) is 42.0 Å². The summed E-state index contributed by atoms with van der Waals surface area (Å²) in [6, 6.07) is 5.02. The van der Waals surface area contributed by atoms with Gasteiger partial charge in [-0.3, -0.25) is 15.0 Å². The summed E-state index contributed by atoms with van der Waals surface area (Å²) in [5.41, 5.74) is 5.99. The Morgan fingerprint density at radius 1 is 1.34 bits per heavy atom. The van der Waals surface area contributed by atoms with E-state index in [0.29, 0.717) is 26.1 Å². The zero-order chi connectivity index (χ0) is 23.7. The number of likely N-dealkylation sites (tertiary alicyclic amines) is 1. The second kappa shape index (κ2) is 11.3. The van der Waals surface area contributed by atoms with Crippen LogP contribution in [0.15, 0.2) is 41.4 Å². The number of nitrogens with two attached hydrogens (primary N) is 1. The van der Waals surface area contributed by atoms with E-state index in [-0.39, 0.29) is 35.5 Å². The fourth-order valence-electron chi connectivity index (χ4n) is 3.17. The molecule has 1 aromatic rings. The lowest BCUT2D eigenvalue weighted by atomic mass is 9.98. The number of rotatable bonds is 7. The van der Waals surface area contributed by atoms with Gasteiger partial charge in [0.15, 0.2) is 0 Å². The largest absolute Gasteiger partial charge is 0.573 e. The molecule has 1 aromatic carbocycles. The summed E-state index contributed by atoms with van der Waals surface area (Å²) in [4.78, 5) is 29.4. The van der Waals surface area contributed by atoms with Crippen molar-refractivity contribution in [2.24, 2.45) is 16.6 Å². The second-order valence-corrected chi connectivity index (χ2v) is 7.06. The van der Waals surface area contributed by atoms with Gasteiger partial charge in [0.1, 0.15) is 17.4 Å². The number of aliphatic imine (C=N–C) groups is 1. The highest BCUT2D eigenvalue weighted by Crippen LogP contribution is 2.23. The minimum Gasteiger partial charge on any atom is -0.466 e. The summed E-state index contributed by atoms with van der Waals surface area (Å²) >= 11 is 0. The summed E-state index contributed by atoms with van der Waals surface area (Å²) in [6.45, 7) is 2.99. The first-order valence-electron chi connectivity index (χ1n) is 9.97. The van der Waals surface area contributed by atoms with Crippen molar-refractivity contribution in [2.45, 2.75) is 32.5 Å². The van der Waals surface area contributed by atoms with Gasteiger partial charge in [-0.05, 0) is 49.6 Å². The summed E-state index contributed by atoms with van der Waals surface area (Å²) in [5, 5.41) is 8.15. The van der Waals surface area contributed by atoms with Crippen LogP contribution in [0.5, 0.6) is 5.75 Å². The van der Waals surface area contributed by atoms with E-state index in [1.165, 1.54) is 24.3 Å². The van der Waals surface area contributed by atoms with E-state index in [0.717, 1.165) is 18.6 Å². The maximum absolute atomic E-state index is 12.3. The first-order chi connectivity index (χ1) is 15.1. The predicted molar refractivity (Wildman–Crippen MR) is 111 cm³/mol. The number of carbonyl (C=O) groups is 2. The molecule has 0 spiro atoms. The number of piperidine rings is 1. The molecule has 0 bridgehead atoms. The molecule has 1 saturated heterocycles. The number of nitrogens with zero attached hydrogens (tertiary/aromatic N) is 2. The van der Waals surface area contributed by atoms with Crippen molar-refractivity contribution in [2.75, 3.05) is 19.7 Å². The van der Waals surface area contributed by atoms with Crippen molar-refractivity contribution in [3.63, 3.8) is 0 Å². The van der Waals surface area contributed by atoms with Crippen LogP contribution in [0.1, 0.15) is 25.3 Å². The topological polar surface area (TPSA) is 118 Å². The normalized spacial score (nSPS) is 17.3. The first kappa shape index (κ1) is 24.9. The number of amides is 1. The highest BCUT2D eigenvalue weighted by atomic mass is 19.4. The molecule has 11 heteroatoms. The fraction of sp³-hybridized carbons (Fsp3) is 0.429. The van der Waals surface area contributed by atoms with Crippen LogP contribution in [0.2, 0.25) is 0 Å². The lowest BCUT2D eigenvalue weighted by Crippen LogP contribution is -2.42. The monoisotopic (exact) mass is 454 g/mol. The summed E-state index contributed by atoms with van der Waals surface area (Å²) in [6.07, 6.45) is -1.01. The minimum absolute atomic E-state index is 0.113. The van der Waals surface area contributed by atoms with E-state index in [4.69, 9.17) is 15.9 Å². The molecule has 0 aliphatic carbocycles. The van der Waals surface area contributed by atoms with Gasteiger partial charge in [0.05, 0.1) is 18.9 Å². The van der Waals surface area contributed by atoms with Gasteiger partial charge >= 0.3 is 12.3 Å². The number of alkyl halides is 3. The summed E-state index contributed by atoms with van der Waals surface area (Å²) < 4.78 is 45.8. The standard InChI is InChI=1S/C21H25F3N4O4/c1-2-31-20(30)15-6-4-10-28(13-15)18(26)9-8-17(25)27-19(29)12-14-5-3-7-16(11-14)32-21(22,23)24/h3,5,7-9,11,15,26H,2,4,6,10,12-13H2,1H3,(H2,25,27,29). The van der Waals surface area contributed by atoms with E-state index in [1.54, 1.807) is 11.8 Å². The van der Waals surface area contributed by atoms with Crippen LogP contribution in [-0.2, 0) is 20.7 Å². The molecule has 1 atom stereocenters. The van der Waals surface area contributed by atoms with Gasteiger partial charge in [0, 0.05) is 13.1 Å². The molecule has 1 aliphatic rings. The van der Waals surface area contributed by atoms with E-state index in [9.17, 15) is 22.8 Å². The molecule has 1 fully saturated rings. The third kappa shape index (κ3) is 8.40. The van der Waals surface area contributed by atoms with Crippen LogP contribution in [0.4, 0.5) is 13.2 Å². The van der Waals surface area contributed by atoms with E-state index in [2.05, 4.69) is 9.73 Å². The van der Waals surface area contributed by atoms with Crippen molar-refractivity contribution >= 4 is 23.5 Å². The molecule has 1 heterocycles. The second-order valence-electron chi connectivity index (χ2n) is 7.06. The van der Waals surface area contributed by atoms with Crippen molar-refractivity contribution in [1.82, 2.24) is 4.90 Å². The molecular formula is C21H25F3N4O4. The van der Waals surface area contributed by atoms with Crippen molar-refractivity contribution < 1.29 is 32.2 Å². The highest BCUT2D eigenvalue weighted by Gasteiger charge is 2.31. The lowest BCUT2D eigenvalue weighted by molar-refractivity contribution is -0.274. The van der Waals surface area contributed by atoms with Gasteiger partial charge in [-0.1, -0.05) is 12.1 Å². The first-order valence-corrected chi connectivity index (χ1v) is 9.97. The average Bonchev–Trinajstić information content (AvgIpc) is 2.71. The Labute approximate surface area is 183 Å². The molecule has 0 aromatic heterocycles. The Morgan fingerprint density at radius 3 is 2.78 bits per heavy atom. The maximum Gasteiger partial charge on any atom is 0.573 e. The Bertz CT molecular complexity index is 899. The zero-order valence-corrected chi connectivity index (χ0v) is 17.5. The number of hydrogen-bond donors (Lipinski definition) is 2. The van der Waals surface area contributed by atoms with Gasteiger partial charge in [-0.2, -0.15) is 4.99 Å². The number of benzene rings is 1. The Balaban J connectivity index is 1.92. The number of amidine groups is 2. The average molecular weight is 454 g/mol. The van der Waals surface area contributed by atoms with Crippen LogP contribution in [0.3, 0.4) is 0 Å². The summed E-state index contributed by atoms with van der Waals surface area (Å²) in [5.74, 6) is -1.73. The Kier molecular flexibility index (Phi) is 8.80. The maximum atomic E-state index is 12.3. The molecule has 2 rings (SSSR count). The fourth-order valence-corrected chi connectivity index (χ4v) is 3.17. The number of hydrogen-bond acceptors (Lipinski definition) is 5. The highest BCUT2D eigenvalue weighted by molar-refractivity contribution is 6.04. The number of carbonyl (C=O) groups excluding carboxylic acids is 2. The van der Waals surface area contributed by atoms with Crippen LogP contribution in [0, 0.1) is 11.3 Å². The molecule has 0 saturated carbocycles. The molecule has 1 amide bonds. The van der Waals surface area contributed by atoms with E-state index < -0.39 is 18.0 Å². The van der Waals surface area contributed by atoms with Crippen LogP contribution >= 0.6 is 0 Å². The van der Waals surface area contributed by atoms with Crippen molar-refractivity contribution in [1.29, 1.82) is 5.41 Å². The quantitative estimate of drug-likeness (QED) is 0.372. The molecule has 8 nitrogen and oxygen atoms in total. The molecule has 3 N–H and O–H groups in total. The molecule has 32 heavy (non-hydrogen) atoms. The Morgan fingerprint density at radius 2 is 2.09 bits per heavy atom. The predicted octanol–water partition coefficient (Wildman–Crippen LogP) is 2.82. The smallest absolute Gasteiger partial charge is 0.466 e. The SMILES string of the molecule is CCOC(=O)C1CCCN(C(=N)C=CC(N)=NC(=O)Cc2cccc(OC(F)(F)F)c2)C1. The third-order valence-electron chi connectivity index (χ3n) is 4.54. The number of halogens is 3. The molecule has 1 unspecified atom stereocenters. The minimum atomic E-state index is -4.83. The molecule has 0 radical (unpaired) electrons. The van der Waals surface area contributed by atoms with Gasteiger partial charge in [0.2, 0.25) is 0 Å². The molecule has 174 valence electrons. The summed E-state index contributed by atoms with van der Waals surface area (Å²) in [7, 11) is 0. The van der Waals surface area contributed by atoms with Crippen molar-refractivity contribution in [3.8, 4) is 5.75 Å². The van der Waals surface area contributed by atoms with Crippen LogP contribution in [0.25, 0.3) is 0 Å². The van der Waals surface area contributed by atoms with Gasteiger partial charge < -0.3 is 20.1 Å². The van der Waals surface area contributed by atoms with Gasteiger partial charge in [-0.15, -0.1) is 13.2 Å². The lowest BCUT2D eigenvalue weighted by Gasteiger charge is -2.32. The van der Waals surface area contributed by atoms with Gasteiger partial charge in [0.25, 0.3) is 5.91 Å². The van der Waals surface area contributed by atoms with E-state index >= 15 is 0 Å². The van der Waals surface area contributed by atoms with Gasteiger partial charge in [-0.25, -0.2) is 0 Å². The zero-order valence-electron chi connectivity index (χ0n) is 17.5.